The summed E-state index contributed by atoms with van der Waals surface area (Å²) in [4.78, 5) is 18.8. The molecule has 0 spiro atoms. The van der Waals surface area contributed by atoms with E-state index in [-0.39, 0.29) is 24.6 Å². The number of dihydropyridines is 1. The summed E-state index contributed by atoms with van der Waals surface area (Å²) >= 11 is 6.47. The molecule has 4 heterocycles. The highest BCUT2D eigenvalue weighted by molar-refractivity contribution is 6.32. The molecule has 1 atom stereocenters. The maximum Gasteiger partial charge on any atom is 0.323 e. The minimum absolute atomic E-state index is 0.00340. The third-order valence-electron chi connectivity index (χ3n) is 6.03. The first kappa shape index (κ1) is 24.9. The zero-order valence-corrected chi connectivity index (χ0v) is 20.1. The van der Waals surface area contributed by atoms with Crippen molar-refractivity contribution in [2.45, 2.75) is 45.3 Å². The van der Waals surface area contributed by atoms with Gasteiger partial charge >= 0.3 is 6.03 Å². The summed E-state index contributed by atoms with van der Waals surface area (Å²) in [6, 6.07) is 2.43. The number of hydrogen-bond donors (Lipinski definition) is 3. The molecule has 4 rings (SSSR count). The van der Waals surface area contributed by atoms with Gasteiger partial charge < -0.3 is 19.8 Å². The highest BCUT2D eigenvalue weighted by Crippen LogP contribution is 2.32. The smallest absolute Gasteiger partial charge is 0.323 e. The molecule has 2 aromatic heterocycles. The number of nitrogens with one attached hydrogen (secondary N) is 2. The van der Waals surface area contributed by atoms with Crippen molar-refractivity contribution in [3.05, 3.63) is 64.4 Å². The topological polar surface area (TPSA) is 104 Å². The second kappa shape index (κ2) is 10.2. The number of pyridine rings is 1. The fourth-order valence-electron chi connectivity index (χ4n) is 4.00. The molecule has 2 aliphatic heterocycles. The molecule has 8 nitrogen and oxygen atoms in total. The number of aliphatic hydroxyl groups excluding tert-OH is 1. The molecule has 2 amide bonds. The molecule has 0 bridgehead atoms. The van der Waals surface area contributed by atoms with Gasteiger partial charge in [-0.05, 0) is 31.1 Å². The summed E-state index contributed by atoms with van der Waals surface area (Å²) in [7, 11) is 0. The number of hydrogen-bond acceptors (Lipinski definition) is 6. The predicted octanol–water partition coefficient (Wildman–Crippen LogP) is 4.49. The van der Waals surface area contributed by atoms with Crippen LogP contribution >= 0.6 is 11.6 Å². The number of amides is 2. The highest BCUT2D eigenvalue weighted by atomic mass is 35.5. The number of aromatic nitrogens is 2. The standard InChI is InChI=1S/C24H26ClF2N5O3/c1-3-24(26,27)18-4-5-21(29-14(18)2)30-23(34)32-8-6-15(7-9-32)22-19(25)10-16(12-28-22)20-11-17(13-33)35-31-20/h4-6,10-12,14,29,33H,3,7-9,13H2,1-2H3,(H,30,34). The first-order valence-electron chi connectivity index (χ1n) is 11.3. The maximum atomic E-state index is 14.0. The first-order valence-corrected chi connectivity index (χ1v) is 11.6. The van der Waals surface area contributed by atoms with Crippen molar-refractivity contribution in [2.24, 2.45) is 0 Å². The number of carbonyl (C=O) groups excluding carboxylic acids is 1. The van der Waals surface area contributed by atoms with E-state index in [4.69, 9.17) is 21.2 Å². The van der Waals surface area contributed by atoms with Gasteiger partial charge in [0.05, 0.1) is 16.8 Å². The number of halogens is 3. The Kier molecular flexibility index (Phi) is 7.23. The molecule has 3 N–H and O–H groups in total. The van der Waals surface area contributed by atoms with E-state index in [0.29, 0.717) is 53.1 Å². The lowest BCUT2D eigenvalue weighted by Crippen LogP contribution is -2.47. The molecule has 0 saturated carbocycles. The number of alkyl halides is 2. The number of nitrogens with zero attached hydrogens (tertiary/aromatic N) is 3. The largest absolute Gasteiger partial charge is 0.388 e. The van der Waals surface area contributed by atoms with Gasteiger partial charge in [-0.15, -0.1) is 0 Å². The van der Waals surface area contributed by atoms with Crippen molar-refractivity contribution in [2.75, 3.05) is 13.1 Å². The fourth-order valence-corrected chi connectivity index (χ4v) is 4.29. The quantitative estimate of drug-likeness (QED) is 0.534. The zero-order valence-electron chi connectivity index (χ0n) is 19.3. The molecule has 2 aromatic rings. The van der Waals surface area contributed by atoms with Gasteiger partial charge in [0.15, 0.2) is 5.76 Å². The Bertz CT molecular complexity index is 1210. The van der Waals surface area contributed by atoms with Gasteiger partial charge in [0.2, 0.25) is 0 Å². The van der Waals surface area contributed by atoms with Gasteiger partial charge in [0.1, 0.15) is 18.1 Å². The Hall–Kier alpha value is -3.24. The van der Waals surface area contributed by atoms with Crippen LogP contribution in [0.1, 0.15) is 38.1 Å². The van der Waals surface area contributed by atoms with Gasteiger partial charge in [-0.1, -0.05) is 35.8 Å². The molecule has 11 heteroatoms. The number of aliphatic hydroxyl groups is 1. The molecule has 0 fully saturated rings. The molecular formula is C24H26ClF2N5O3. The summed E-state index contributed by atoms with van der Waals surface area (Å²) in [5.41, 5.74) is 2.73. The molecule has 0 aliphatic carbocycles. The van der Waals surface area contributed by atoms with Gasteiger partial charge in [0, 0.05) is 42.9 Å². The monoisotopic (exact) mass is 505 g/mol. The molecule has 186 valence electrons. The van der Waals surface area contributed by atoms with E-state index >= 15 is 0 Å². The average Bonchev–Trinajstić information content (AvgIpc) is 3.33. The van der Waals surface area contributed by atoms with E-state index in [1.165, 1.54) is 19.1 Å². The van der Waals surface area contributed by atoms with Gasteiger partial charge in [-0.25, -0.2) is 13.6 Å². The molecule has 1 unspecified atom stereocenters. The first-order chi connectivity index (χ1) is 16.7. The number of urea groups is 1. The minimum Gasteiger partial charge on any atom is -0.388 e. The summed E-state index contributed by atoms with van der Waals surface area (Å²) in [5, 5.41) is 19.1. The van der Waals surface area contributed by atoms with Crippen molar-refractivity contribution in [1.29, 1.82) is 0 Å². The minimum atomic E-state index is -2.89. The van der Waals surface area contributed by atoms with Crippen LogP contribution in [0, 0.1) is 0 Å². The predicted molar refractivity (Wildman–Crippen MR) is 127 cm³/mol. The number of carbonyl (C=O) groups is 1. The van der Waals surface area contributed by atoms with E-state index < -0.39 is 12.0 Å². The summed E-state index contributed by atoms with van der Waals surface area (Å²) in [6.45, 7) is 3.62. The van der Waals surface area contributed by atoms with Crippen molar-refractivity contribution in [1.82, 2.24) is 25.7 Å². The Morgan fingerprint density at radius 1 is 1.40 bits per heavy atom. The molecule has 0 saturated heterocycles. The van der Waals surface area contributed by atoms with Gasteiger partial charge in [-0.2, -0.15) is 0 Å². The van der Waals surface area contributed by atoms with Crippen LogP contribution in [-0.4, -0.2) is 51.2 Å². The van der Waals surface area contributed by atoms with Crippen LogP contribution in [-0.2, 0) is 6.61 Å². The average molecular weight is 506 g/mol. The second-order valence-corrected chi connectivity index (χ2v) is 8.78. The van der Waals surface area contributed by atoms with Crippen LogP contribution < -0.4 is 10.6 Å². The fraction of sp³-hybridized carbons (Fsp3) is 0.375. The third kappa shape index (κ3) is 5.38. The van der Waals surface area contributed by atoms with Crippen LogP contribution in [0.25, 0.3) is 16.8 Å². The molecular weight excluding hydrogens is 480 g/mol. The Labute approximate surface area is 206 Å². The Balaban J connectivity index is 1.40. The van der Waals surface area contributed by atoms with E-state index in [1.807, 2.05) is 6.08 Å². The molecule has 35 heavy (non-hydrogen) atoms. The van der Waals surface area contributed by atoms with Crippen LogP contribution in [0.3, 0.4) is 0 Å². The van der Waals surface area contributed by atoms with E-state index in [1.54, 1.807) is 30.2 Å². The van der Waals surface area contributed by atoms with Gasteiger partial charge in [-0.3, -0.25) is 10.3 Å². The van der Waals surface area contributed by atoms with Gasteiger partial charge in [0.25, 0.3) is 5.92 Å². The van der Waals surface area contributed by atoms with Crippen LogP contribution in [0.15, 0.2) is 52.5 Å². The van der Waals surface area contributed by atoms with Crippen LogP contribution in [0.5, 0.6) is 0 Å². The van der Waals surface area contributed by atoms with E-state index in [2.05, 4.69) is 20.8 Å². The normalized spacial score (nSPS) is 18.4. The summed E-state index contributed by atoms with van der Waals surface area (Å²) < 4.78 is 33.1. The van der Waals surface area contributed by atoms with Crippen molar-refractivity contribution >= 4 is 23.2 Å². The van der Waals surface area contributed by atoms with Crippen molar-refractivity contribution in [3.8, 4) is 11.3 Å². The number of allylic oxidation sites excluding steroid dienone is 2. The molecule has 0 aromatic carbocycles. The second-order valence-electron chi connectivity index (χ2n) is 8.37. The lowest BCUT2D eigenvalue weighted by molar-refractivity contribution is 0.0306. The lowest BCUT2D eigenvalue weighted by Gasteiger charge is -2.31. The highest BCUT2D eigenvalue weighted by Gasteiger charge is 2.36. The SMILES string of the molecule is CCC(F)(F)C1=CC=C(NC(=O)N2CC=C(c3ncc(-c4cc(CO)on4)cc3Cl)CC2)NC1C. The van der Waals surface area contributed by atoms with Crippen molar-refractivity contribution in [3.63, 3.8) is 0 Å². The van der Waals surface area contributed by atoms with Crippen LogP contribution in [0.2, 0.25) is 5.02 Å². The summed E-state index contributed by atoms with van der Waals surface area (Å²) in [5.74, 6) is -2.17. The van der Waals surface area contributed by atoms with E-state index in [0.717, 1.165) is 5.57 Å². The zero-order chi connectivity index (χ0) is 25.2. The Morgan fingerprint density at radius 2 is 2.20 bits per heavy atom. The van der Waals surface area contributed by atoms with Crippen molar-refractivity contribution < 1.29 is 23.2 Å². The Morgan fingerprint density at radius 3 is 2.80 bits per heavy atom. The maximum absolute atomic E-state index is 14.0. The van der Waals surface area contributed by atoms with Crippen LogP contribution in [0.4, 0.5) is 13.6 Å². The molecule has 0 radical (unpaired) electrons. The third-order valence-corrected chi connectivity index (χ3v) is 6.32. The summed E-state index contributed by atoms with van der Waals surface area (Å²) in [6.07, 6.45) is 6.62. The number of rotatable bonds is 6. The lowest BCUT2D eigenvalue weighted by atomic mass is 9.97. The molecule has 2 aliphatic rings. The van der Waals surface area contributed by atoms with E-state index in [9.17, 15) is 13.6 Å².